The Hall–Kier alpha value is -0.790. The molecule has 1 rings (SSSR count). The van der Waals surface area contributed by atoms with Crippen LogP contribution < -0.4 is 9.03 Å². The zero-order valence-electron chi connectivity index (χ0n) is 9.68. The molecule has 0 aromatic heterocycles. The largest absolute Gasteiger partial charge is 0.305 e. The highest BCUT2D eigenvalue weighted by Crippen LogP contribution is 2.26. The molecule has 0 saturated carbocycles. The molecule has 0 heterocycles. The fourth-order valence-corrected chi connectivity index (χ4v) is 3.47. The molecule has 0 amide bonds. The van der Waals surface area contributed by atoms with Crippen molar-refractivity contribution in [2.45, 2.75) is 6.92 Å². The first-order valence-electron chi connectivity index (χ1n) is 4.94. The SMILES string of the molecule is CNCS(=O)(=O)N(SCF)c1ccc(C)cc1. The van der Waals surface area contributed by atoms with Crippen LogP contribution >= 0.6 is 11.9 Å². The summed E-state index contributed by atoms with van der Waals surface area (Å²) in [4.78, 5) is 0. The van der Waals surface area contributed by atoms with Gasteiger partial charge in [0.25, 0.3) is 10.0 Å². The lowest BCUT2D eigenvalue weighted by atomic mass is 10.2. The molecule has 0 spiro atoms. The first-order valence-corrected chi connectivity index (χ1v) is 7.49. The van der Waals surface area contributed by atoms with Gasteiger partial charge in [0.15, 0.2) is 6.01 Å². The van der Waals surface area contributed by atoms with Crippen LogP contribution in [0.5, 0.6) is 0 Å². The highest BCUT2D eigenvalue weighted by molar-refractivity contribution is 8.14. The van der Waals surface area contributed by atoms with Crippen molar-refractivity contribution in [1.29, 1.82) is 0 Å². The smallest absolute Gasteiger partial charge is 0.257 e. The molecule has 17 heavy (non-hydrogen) atoms. The van der Waals surface area contributed by atoms with E-state index in [2.05, 4.69) is 5.32 Å². The molecule has 0 aliphatic rings. The predicted octanol–water partition coefficient (Wildman–Crippen LogP) is 1.88. The fourth-order valence-electron chi connectivity index (χ4n) is 1.27. The molecule has 1 N–H and O–H groups in total. The van der Waals surface area contributed by atoms with E-state index in [1.165, 1.54) is 7.05 Å². The molecule has 7 heteroatoms. The Morgan fingerprint density at radius 3 is 2.41 bits per heavy atom. The summed E-state index contributed by atoms with van der Waals surface area (Å²) in [6, 6.07) is 6.10. The Labute approximate surface area is 105 Å². The van der Waals surface area contributed by atoms with Crippen LogP contribution in [0.2, 0.25) is 0 Å². The van der Waals surface area contributed by atoms with E-state index < -0.39 is 16.0 Å². The topological polar surface area (TPSA) is 49.4 Å². The Morgan fingerprint density at radius 2 is 1.94 bits per heavy atom. The van der Waals surface area contributed by atoms with Crippen molar-refractivity contribution in [1.82, 2.24) is 5.32 Å². The van der Waals surface area contributed by atoms with Crippen molar-refractivity contribution in [3.05, 3.63) is 29.8 Å². The van der Waals surface area contributed by atoms with Gasteiger partial charge in [-0.2, -0.15) is 0 Å². The predicted molar refractivity (Wildman–Crippen MR) is 70.1 cm³/mol. The third-order valence-corrected chi connectivity index (χ3v) is 4.90. The van der Waals surface area contributed by atoms with Gasteiger partial charge in [0.2, 0.25) is 0 Å². The van der Waals surface area contributed by atoms with Crippen LogP contribution in [-0.2, 0) is 10.0 Å². The van der Waals surface area contributed by atoms with Gasteiger partial charge >= 0.3 is 0 Å². The number of hydrogen-bond acceptors (Lipinski definition) is 4. The van der Waals surface area contributed by atoms with Gasteiger partial charge in [0.1, 0.15) is 5.88 Å². The molecule has 0 aliphatic heterocycles. The highest BCUT2D eigenvalue weighted by atomic mass is 32.3. The Kier molecular flexibility index (Phi) is 5.23. The van der Waals surface area contributed by atoms with Gasteiger partial charge in [-0.3, -0.25) is 0 Å². The van der Waals surface area contributed by atoms with Gasteiger partial charge in [-0.15, -0.1) is 0 Å². The average molecular weight is 278 g/mol. The quantitative estimate of drug-likeness (QED) is 0.807. The van der Waals surface area contributed by atoms with Crippen LogP contribution in [-0.4, -0.2) is 27.3 Å². The number of hydrogen-bond donors (Lipinski definition) is 1. The zero-order chi connectivity index (χ0) is 12.9. The highest BCUT2D eigenvalue weighted by Gasteiger charge is 2.22. The summed E-state index contributed by atoms with van der Waals surface area (Å²) >= 11 is 0.621. The monoisotopic (exact) mass is 278 g/mol. The first-order chi connectivity index (χ1) is 8.01. The minimum atomic E-state index is -3.56. The van der Waals surface area contributed by atoms with Crippen LogP contribution in [0.3, 0.4) is 0 Å². The second-order valence-electron chi connectivity index (χ2n) is 3.41. The van der Waals surface area contributed by atoms with Gasteiger partial charge in [0, 0.05) is 11.9 Å². The molecule has 0 aliphatic carbocycles. The summed E-state index contributed by atoms with van der Waals surface area (Å²) in [7, 11) is -2.02. The molecule has 96 valence electrons. The van der Waals surface area contributed by atoms with Crippen LogP contribution in [0, 0.1) is 6.92 Å². The molecular formula is C10H15FN2O2S2. The summed E-state index contributed by atoms with van der Waals surface area (Å²) in [5.41, 5.74) is 1.47. The van der Waals surface area contributed by atoms with Gasteiger partial charge in [0.05, 0.1) is 5.69 Å². The lowest BCUT2D eigenvalue weighted by Crippen LogP contribution is -2.32. The molecule has 0 unspecified atom stereocenters. The number of alkyl halides is 1. The summed E-state index contributed by atoms with van der Waals surface area (Å²) < 4.78 is 37.2. The van der Waals surface area contributed by atoms with E-state index in [-0.39, 0.29) is 5.88 Å². The summed E-state index contributed by atoms with van der Waals surface area (Å²) in [5, 5.41) is 2.56. The zero-order valence-corrected chi connectivity index (χ0v) is 11.3. The number of halogens is 1. The van der Waals surface area contributed by atoms with Crippen LogP contribution in [0.15, 0.2) is 24.3 Å². The van der Waals surface area contributed by atoms with Gasteiger partial charge in [-0.25, -0.2) is 16.5 Å². The van der Waals surface area contributed by atoms with E-state index in [1.807, 2.05) is 6.92 Å². The number of benzene rings is 1. The Balaban J connectivity index is 3.04. The number of sulfonamides is 1. The van der Waals surface area contributed by atoms with E-state index in [4.69, 9.17) is 0 Å². The summed E-state index contributed by atoms with van der Waals surface area (Å²) in [6.07, 6.45) is 0. The molecular weight excluding hydrogens is 263 g/mol. The molecule has 1 aromatic rings. The number of aryl methyl sites for hydroxylation is 1. The number of nitrogens with zero attached hydrogens (tertiary/aromatic N) is 1. The lowest BCUT2D eigenvalue weighted by Gasteiger charge is -2.21. The second kappa shape index (κ2) is 6.23. The molecule has 0 radical (unpaired) electrons. The van der Waals surface area contributed by atoms with Crippen molar-refractivity contribution in [2.75, 3.05) is 22.6 Å². The molecule has 4 nitrogen and oxygen atoms in total. The van der Waals surface area contributed by atoms with Crippen molar-refractivity contribution >= 4 is 27.7 Å². The number of rotatable bonds is 6. The second-order valence-corrected chi connectivity index (χ2v) is 6.30. The average Bonchev–Trinajstić information content (AvgIpc) is 2.27. The van der Waals surface area contributed by atoms with Crippen LogP contribution in [0.1, 0.15) is 5.56 Å². The maximum absolute atomic E-state index is 12.4. The van der Waals surface area contributed by atoms with Crippen molar-refractivity contribution in [3.63, 3.8) is 0 Å². The molecule has 0 fully saturated rings. The van der Waals surface area contributed by atoms with Crippen molar-refractivity contribution in [3.8, 4) is 0 Å². The standard InChI is InChI=1S/C10H15FN2O2S2/c1-9-3-5-10(6-4-9)13(16-7-11)17(14,15)8-12-2/h3-6,12H,7-8H2,1-2H3. The molecule has 1 aromatic carbocycles. The summed E-state index contributed by atoms with van der Waals surface area (Å²) in [6.45, 7) is 1.90. The van der Waals surface area contributed by atoms with Gasteiger partial charge < -0.3 is 5.32 Å². The first kappa shape index (κ1) is 14.3. The minimum Gasteiger partial charge on any atom is -0.305 e. The number of anilines is 1. The lowest BCUT2D eigenvalue weighted by molar-refractivity contribution is 0.591. The van der Waals surface area contributed by atoms with E-state index in [9.17, 15) is 12.8 Å². The maximum Gasteiger partial charge on any atom is 0.257 e. The Morgan fingerprint density at radius 1 is 1.35 bits per heavy atom. The van der Waals surface area contributed by atoms with E-state index >= 15 is 0 Å². The third-order valence-electron chi connectivity index (χ3n) is 1.99. The molecule has 0 bridgehead atoms. The van der Waals surface area contributed by atoms with E-state index in [0.29, 0.717) is 17.6 Å². The van der Waals surface area contributed by atoms with Crippen molar-refractivity contribution in [2.24, 2.45) is 0 Å². The van der Waals surface area contributed by atoms with Crippen LogP contribution in [0.25, 0.3) is 0 Å². The fraction of sp³-hybridized carbons (Fsp3) is 0.400. The van der Waals surface area contributed by atoms with Gasteiger partial charge in [-0.05, 0) is 26.1 Å². The third kappa shape index (κ3) is 3.86. The van der Waals surface area contributed by atoms with E-state index in [1.54, 1.807) is 24.3 Å². The minimum absolute atomic E-state index is 0.228. The number of nitrogens with one attached hydrogen (secondary N) is 1. The Bertz CT molecular complexity index is 448. The van der Waals surface area contributed by atoms with Crippen LogP contribution in [0.4, 0.5) is 10.1 Å². The van der Waals surface area contributed by atoms with Gasteiger partial charge in [-0.1, -0.05) is 17.7 Å². The van der Waals surface area contributed by atoms with Crippen molar-refractivity contribution < 1.29 is 12.8 Å². The molecule has 0 saturated heterocycles. The molecule has 0 atom stereocenters. The van der Waals surface area contributed by atoms with E-state index in [0.717, 1.165) is 9.27 Å². The summed E-state index contributed by atoms with van der Waals surface area (Å²) in [5.74, 6) is -0.228. The normalized spacial score (nSPS) is 11.5. The maximum atomic E-state index is 12.4.